The Hall–Kier alpha value is -1.81. The van der Waals surface area contributed by atoms with Crippen molar-refractivity contribution in [1.82, 2.24) is 10.1 Å². The van der Waals surface area contributed by atoms with Gasteiger partial charge in [-0.25, -0.2) is 0 Å². The van der Waals surface area contributed by atoms with Crippen LogP contribution in [0.2, 0.25) is 0 Å². The zero-order valence-electron chi connectivity index (χ0n) is 13.7. The first kappa shape index (κ1) is 16.6. The van der Waals surface area contributed by atoms with Crippen LogP contribution in [-0.2, 0) is 6.42 Å². The van der Waals surface area contributed by atoms with Gasteiger partial charge in [0.15, 0.2) is 0 Å². The molecule has 0 bridgehead atoms. The lowest BCUT2D eigenvalue weighted by Gasteiger charge is -2.36. The average molecular weight is 301 g/mol. The Labute approximate surface area is 133 Å². The van der Waals surface area contributed by atoms with E-state index < -0.39 is 0 Å². The molecule has 0 amide bonds. The molecule has 0 atom stereocenters. The molecular weight excluding hydrogens is 274 g/mol. The molecule has 22 heavy (non-hydrogen) atoms. The van der Waals surface area contributed by atoms with E-state index in [0.717, 1.165) is 51.3 Å². The van der Waals surface area contributed by atoms with Gasteiger partial charge in [0.05, 0.1) is 5.69 Å². The monoisotopic (exact) mass is 301 g/mol. The van der Waals surface area contributed by atoms with Crippen molar-refractivity contribution in [3.8, 4) is 0 Å². The normalized spacial score (nSPS) is 15.3. The molecular formula is C18H27N3O. The molecule has 0 N–H and O–H groups in total. The molecule has 0 aliphatic carbocycles. The summed E-state index contributed by atoms with van der Waals surface area (Å²) in [6.45, 7) is 9.68. The number of rotatable bonds is 5. The van der Waals surface area contributed by atoms with Crippen LogP contribution >= 0.6 is 0 Å². The van der Waals surface area contributed by atoms with Gasteiger partial charge in [-0.1, -0.05) is 37.2 Å². The molecule has 1 aliphatic rings. The van der Waals surface area contributed by atoms with Gasteiger partial charge in [0.1, 0.15) is 6.26 Å². The van der Waals surface area contributed by atoms with E-state index in [1.54, 1.807) is 6.26 Å². The summed E-state index contributed by atoms with van der Waals surface area (Å²) in [5, 5.41) is 3.95. The highest BCUT2D eigenvalue weighted by Crippen LogP contribution is 2.15. The number of aromatic nitrogens is 1. The Morgan fingerprint density at radius 3 is 2.36 bits per heavy atom. The van der Waals surface area contributed by atoms with Crippen molar-refractivity contribution in [1.29, 1.82) is 0 Å². The fourth-order valence-corrected chi connectivity index (χ4v) is 2.72. The molecule has 2 heterocycles. The molecule has 120 valence electrons. The number of para-hydroxylation sites is 1. The number of hydrogen-bond donors (Lipinski definition) is 0. The van der Waals surface area contributed by atoms with Gasteiger partial charge in [-0.3, -0.25) is 4.90 Å². The average Bonchev–Trinajstić information content (AvgIpc) is 3.12. The summed E-state index contributed by atoms with van der Waals surface area (Å²) >= 11 is 0. The third kappa shape index (κ3) is 4.88. The highest BCUT2D eigenvalue weighted by Gasteiger charge is 2.16. The number of hydrogen-bond acceptors (Lipinski definition) is 4. The summed E-state index contributed by atoms with van der Waals surface area (Å²) in [5.41, 5.74) is 2.41. The van der Waals surface area contributed by atoms with E-state index in [-0.39, 0.29) is 0 Å². The van der Waals surface area contributed by atoms with E-state index in [2.05, 4.69) is 45.3 Å². The molecule has 1 aromatic heterocycles. The molecule has 0 unspecified atom stereocenters. The van der Waals surface area contributed by atoms with E-state index in [1.165, 1.54) is 5.69 Å². The van der Waals surface area contributed by atoms with E-state index >= 15 is 0 Å². The largest absolute Gasteiger partial charge is 0.369 e. The second-order valence-electron chi connectivity index (χ2n) is 5.26. The fraction of sp³-hybridized carbons (Fsp3) is 0.500. The smallest absolute Gasteiger partial charge is 0.124 e. The minimum atomic E-state index is 1.01. The first-order valence-electron chi connectivity index (χ1n) is 8.33. The van der Waals surface area contributed by atoms with E-state index in [9.17, 15) is 0 Å². The van der Waals surface area contributed by atoms with Gasteiger partial charge < -0.3 is 9.42 Å². The quantitative estimate of drug-likeness (QED) is 0.846. The van der Waals surface area contributed by atoms with Crippen molar-refractivity contribution in [3.63, 3.8) is 0 Å². The lowest BCUT2D eigenvalue weighted by molar-refractivity contribution is 0.254. The Balaban J connectivity index is 0.000000847. The number of aryl methyl sites for hydroxylation is 1. The lowest BCUT2D eigenvalue weighted by atomic mass is 10.2. The molecule has 3 rings (SSSR count). The van der Waals surface area contributed by atoms with Crippen LogP contribution in [0.3, 0.4) is 0 Å². The molecule has 2 aromatic rings. The van der Waals surface area contributed by atoms with E-state index in [1.807, 2.05) is 19.9 Å². The van der Waals surface area contributed by atoms with Crippen LogP contribution in [0.5, 0.6) is 0 Å². The van der Waals surface area contributed by atoms with Gasteiger partial charge in [0.25, 0.3) is 0 Å². The van der Waals surface area contributed by atoms with Crippen LogP contribution < -0.4 is 4.90 Å². The van der Waals surface area contributed by atoms with Crippen molar-refractivity contribution in [2.75, 3.05) is 37.6 Å². The van der Waals surface area contributed by atoms with Gasteiger partial charge in [0.2, 0.25) is 0 Å². The second-order valence-corrected chi connectivity index (χ2v) is 5.26. The molecule has 4 heteroatoms. The van der Waals surface area contributed by atoms with E-state index in [4.69, 9.17) is 4.52 Å². The highest BCUT2D eigenvalue weighted by atomic mass is 16.5. The first-order valence-corrected chi connectivity index (χ1v) is 8.33. The predicted molar refractivity (Wildman–Crippen MR) is 91.3 cm³/mol. The van der Waals surface area contributed by atoms with Gasteiger partial charge in [-0.05, 0) is 31.5 Å². The van der Waals surface area contributed by atoms with Gasteiger partial charge in [-0.2, -0.15) is 0 Å². The lowest BCUT2D eigenvalue weighted by Crippen LogP contribution is -2.46. The molecule has 0 radical (unpaired) electrons. The Morgan fingerprint density at radius 2 is 1.73 bits per heavy atom. The fourth-order valence-electron chi connectivity index (χ4n) is 2.72. The number of benzene rings is 1. The maximum absolute atomic E-state index is 4.85. The molecule has 1 fully saturated rings. The van der Waals surface area contributed by atoms with Crippen LogP contribution in [0.4, 0.5) is 5.69 Å². The maximum Gasteiger partial charge on any atom is 0.124 e. The third-order valence-electron chi connectivity index (χ3n) is 3.89. The molecule has 0 spiro atoms. The standard InChI is InChI=1S/C16H21N3O.C2H6/c1-2-6-16(7-3-1)19-12-10-18(11-13-19)9-4-5-15-8-14-20-17-15;1-2/h1-3,6-8,14H,4-5,9-13H2;1-2H3. The van der Waals surface area contributed by atoms with Crippen LogP contribution in [0, 0.1) is 0 Å². The van der Waals surface area contributed by atoms with Crippen LogP contribution in [-0.4, -0.2) is 42.8 Å². The van der Waals surface area contributed by atoms with Crippen molar-refractivity contribution in [2.24, 2.45) is 0 Å². The zero-order chi connectivity index (χ0) is 15.6. The summed E-state index contributed by atoms with van der Waals surface area (Å²) < 4.78 is 4.85. The van der Waals surface area contributed by atoms with Gasteiger partial charge in [-0.15, -0.1) is 0 Å². The number of anilines is 1. The summed E-state index contributed by atoms with van der Waals surface area (Å²) in [4.78, 5) is 5.01. The molecule has 4 nitrogen and oxygen atoms in total. The molecule has 1 aliphatic heterocycles. The van der Waals surface area contributed by atoms with Crippen LogP contribution in [0.1, 0.15) is 26.0 Å². The number of piperazine rings is 1. The summed E-state index contributed by atoms with van der Waals surface area (Å²) in [5.74, 6) is 0. The SMILES string of the molecule is CC.c1ccc(N2CCN(CCCc3ccon3)CC2)cc1. The zero-order valence-corrected chi connectivity index (χ0v) is 13.7. The summed E-state index contributed by atoms with van der Waals surface area (Å²) in [6, 6.07) is 12.6. The van der Waals surface area contributed by atoms with Crippen LogP contribution in [0.15, 0.2) is 47.2 Å². The summed E-state index contributed by atoms with van der Waals surface area (Å²) in [7, 11) is 0. The third-order valence-corrected chi connectivity index (χ3v) is 3.89. The highest BCUT2D eigenvalue weighted by molar-refractivity contribution is 5.46. The number of nitrogens with zero attached hydrogens (tertiary/aromatic N) is 3. The topological polar surface area (TPSA) is 32.5 Å². The first-order chi connectivity index (χ1) is 10.9. The van der Waals surface area contributed by atoms with Crippen molar-refractivity contribution in [2.45, 2.75) is 26.7 Å². The van der Waals surface area contributed by atoms with E-state index in [0.29, 0.717) is 0 Å². The van der Waals surface area contributed by atoms with Crippen LogP contribution in [0.25, 0.3) is 0 Å². The molecule has 0 saturated carbocycles. The van der Waals surface area contributed by atoms with Gasteiger partial charge in [0, 0.05) is 37.9 Å². The molecule has 1 aromatic carbocycles. The minimum absolute atomic E-state index is 1.01. The maximum atomic E-state index is 4.85. The minimum Gasteiger partial charge on any atom is -0.369 e. The van der Waals surface area contributed by atoms with Crippen molar-refractivity contribution < 1.29 is 4.52 Å². The predicted octanol–water partition coefficient (Wildman–Crippen LogP) is 3.46. The summed E-state index contributed by atoms with van der Waals surface area (Å²) in [6.07, 6.45) is 3.81. The second kappa shape index (κ2) is 9.26. The Bertz CT molecular complexity index is 490. The van der Waals surface area contributed by atoms with Gasteiger partial charge >= 0.3 is 0 Å². The Kier molecular flexibility index (Phi) is 6.97. The Morgan fingerprint density at radius 1 is 1.00 bits per heavy atom. The molecule has 1 saturated heterocycles. The van der Waals surface area contributed by atoms with Crippen molar-refractivity contribution >= 4 is 5.69 Å². The van der Waals surface area contributed by atoms with Crippen molar-refractivity contribution in [3.05, 3.63) is 48.4 Å².